The molecule has 20 heavy (non-hydrogen) atoms. The van der Waals surface area contributed by atoms with Crippen LogP contribution >= 0.6 is 0 Å². The van der Waals surface area contributed by atoms with Gasteiger partial charge in [-0.3, -0.25) is 4.79 Å². The summed E-state index contributed by atoms with van der Waals surface area (Å²) >= 11 is 0. The lowest BCUT2D eigenvalue weighted by Crippen LogP contribution is -2.50. The highest BCUT2D eigenvalue weighted by Crippen LogP contribution is 2.54. The van der Waals surface area contributed by atoms with Crippen molar-refractivity contribution in [2.75, 3.05) is 0 Å². The molecule has 4 bridgehead atoms. The Morgan fingerprint density at radius 3 is 2.10 bits per heavy atom. The standard InChI is InChI=1S/C17H28O3/c1-4-10(2)17(18)20-11(3)19-16-14-6-12-5-13(8-14)9-15(16)7-12/h10-16H,4-9H2,1-3H3. The molecule has 3 heteroatoms. The number of carbonyl (C=O) groups excluding carboxylic acids is 1. The maximum atomic E-state index is 11.8. The number of rotatable bonds is 5. The third kappa shape index (κ3) is 2.74. The molecule has 0 aromatic heterocycles. The molecule has 0 heterocycles. The number of hydrogen-bond donors (Lipinski definition) is 0. The zero-order chi connectivity index (χ0) is 14.3. The van der Waals surface area contributed by atoms with Crippen LogP contribution in [0.15, 0.2) is 0 Å². The summed E-state index contributed by atoms with van der Waals surface area (Å²) in [5.41, 5.74) is 0. The quantitative estimate of drug-likeness (QED) is 0.568. The van der Waals surface area contributed by atoms with E-state index in [9.17, 15) is 4.79 Å². The van der Waals surface area contributed by atoms with Crippen LogP contribution in [0, 0.1) is 29.6 Å². The van der Waals surface area contributed by atoms with Crippen LogP contribution in [0.2, 0.25) is 0 Å². The van der Waals surface area contributed by atoms with Crippen LogP contribution in [0.1, 0.15) is 59.3 Å². The minimum atomic E-state index is -0.390. The van der Waals surface area contributed by atoms with Gasteiger partial charge in [-0.25, -0.2) is 0 Å². The van der Waals surface area contributed by atoms with Gasteiger partial charge in [-0.15, -0.1) is 0 Å². The van der Waals surface area contributed by atoms with E-state index in [1.165, 1.54) is 32.1 Å². The molecule has 4 fully saturated rings. The molecule has 0 aliphatic heterocycles. The van der Waals surface area contributed by atoms with Crippen LogP contribution in [-0.2, 0) is 14.3 Å². The lowest BCUT2D eigenvalue weighted by atomic mass is 9.55. The number of esters is 1. The summed E-state index contributed by atoms with van der Waals surface area (Å²) in [5.74, 6) is 3.20. The summed E-state index contributed by atoms with van der Waals surface area (Å²) < 4.78 is 11.6. The van der Waals surface area contributed by atoms with Gasteiger partial charge in [0, 0.05) is 0 Å². The average Bonchev–Trinajstić information content (AvgIpc) is 2.41. The zero-order valence-corrected chi connectivity index (χ0v) is 13.0. The second-order valence-electron chi connectivity index (χ2n) is 7.35. The van der Waals surface area contributed by atoms with E-state index in [1.807, 2.05) is 20.8 Å². The lowest BCUT2D eigenvalue weighted by molar-refractivity contribution is -0.221. The molecule has 0 aromatic carbocycles. The van der Waals surface area contributed by atoms with E-state index in [4.69, 9.17) is 9.47 Å². The van der Waals surface area contributed by atoms with Crippen molar-refractivity contribution in [1.29, 1.82) is 0 Å². The molecular formula is C17H28O3. The maximum absolute atomic E-state index is 11.8. The Balaban J connectivity index is 1.54. The topological polar surface area (TPSA) is 35.5 Å². The highest BCUT2D eigenvalue weighted by molar-refractivity contribution is 5.71. The highest BCUT2D eigenvalue weighted by Gasteiger charge is 2.49. The number of hydrogen-bond acceptors (Lipinski definition) is 3. The van der Waals surface area contributed by atoms with E-state index in [0.717, 1.165) is 30.1 Å². The summed E-state index contributed by atoms with van der Waals surface area (Å²) in [6, 6.07) is 0. The lowest BCUT2D eigenvalue weighted by Gasteiger charge is -2.54. The number of carbonyl (C=O) groups is 1. The second kappa shape index (κ2) is 5.67. The van der Waals surface area contributed by atoms with E-state index >= 15 is 0 Å². The van der Waals surface area contributed by atoms with Gasteiger partial charge in [0.2, 0.25) is 0 Å². The van der Waals surface area contributed by atoms with Crippen LogP contribution in [0.4, 0.5) is 0 Å². The van der Waals surface area contributed by atoms with Gasteiger partial charge in [0.25, 0.3) is 0 Å². The van der Waals surface area contributed by atoms with Gasteiger partial charge in [-0.2, -0.15) is 0 Å². The Bertz CT molecular complexity index is 337. The van der Waals surface area contributed by atoms with E-state index in [0.29, 0.717) is 6.10 Å². The molecule has 4 rings (SSSR count). The minimum Gasteiger partial charge on any atom is -0.436 e. The van der Waals surface area contributed by atoms with E-state index in [2.05, 4.69) is 0 Å². The maximum Gasteiger partial charge on any atom is 0.310 e. The number of ether oxygens (including phenoxy) is 2. The minimum absolute atomic E-state index is 0.0282. The molecule has 0 aromatic rings. The first kappa shape index (κ1) is 14.4. The summed E-state index contributed by atoms with van der Waals surface area (Å²) in [4.78, 5) is 11.8. The summed E-state index contributed by atoms with van der Waals surface area (Å²) in [6.45, 7) is 5.80. The average molecular weight is 280 g/mol. The summed E-state index contributed by atoms with van der Waals surface area (Å²) in [6.07, 6.45) is 7.57. The van der Waals surface area contributed by atoms with E-state index in [-0.39, 0.29) is 18.2 Å². The van der Waals surface area contributed by atoms with E-state index < -0.39 is 0 Å². The van der Waals surface area contributed by atoms with Crippen LogP contribution in [0.3, 0.4) is 0 Å². The smallest absolute Gasteiger partial charge is 0.310 e. The normalized spacial score (nSPS) is 41.5. The van der Waals surface area contributed by atoms with Crippen molar-refractivity contribution in [2.45, 2.75) is 71.7 Å². The molecule has 2 unspecified atom stereocenters. The SMILES string of the molecule is CCC(C)C(=O)OC(C)OC1C2CC3CC(C2)CC1C3. The van der Waals surface area contributed by atoms with Crippen molar-refractivity contribution in [1.82, 2.24) is 0 Å². The van der Waals surface area contributed by atoms with Gasteiger partial charge >= 0.3 is 5.97 Å². The Hall–Kier alpha value is -0.570. The Labute approximate surface area is 122 Å². The van der Waals surface area contributed by atoms with E-state index in [1.54, 1.807) is 0 Å². The Morgan fingerprint density at radius 1 is 1.05 bits per heavy atom. The van der Waals surface area contributed by atoms with Crippen molar-refractivity contribution in [3.63, 3.8) is 0 Å². The van der Waals surface area contributed by atoms with Crippen molar-refractivity contribution in [2.24, 2.45) is 29.6 Å². The Morgan fingerprint density at radius 2 is 1.60 bits per heavy atom. The molecule has 114 valence electrons. The molecule has 0 N–H and O–H groups in total. The zero-order valence-electron chi connectivity index (χ0n) is 13.0. The summed E-state index contributed by atoms with van der Waals surface area (Å²) in [5, 5.41) is 0. The third-order valence-corrected chi connectivity index (χ3v) is 5.79. The fourth-order valence-corrected chi connectivity index (χ4v) is 4.79. The van der Waals surface area contributed by atoms with Gasteiger partial charge in [-0.1, -0.05) is 13.8 Å². The van der Waals surface area contributed by atoms with Crippen LogP contribution in [0.5, 0.6) is 0 Å². The fourth-order valence-electron chi connectivity index (χ4n) is 4.79. The summed E-state index contributed by atoms with van der Waals surface area (Å²) in [7, 11) is 0. The van der Waals surface area contributed by atoms with Crippen molar-refractivity contribution >= 4 is 5.97 Å². The monoisotopic (exact) mass is 280 g/mol. The molecule has 4 aliphatic carbocycles. The van der Waals surface area contributed by atoms with Crippen molar-refractivity contribution in [3.8, 4) is 0 Å². The predicted octanol–water partition coefficient (Wildman–Crippen LogP) is 3.76. The fraction of sp³-hybridized carbons (Fsp3) is 0.941. The molecular weight excluding hydrogens is 252 g/mol. The van der Waals surface area contributed by atoms with Crippen LogP contribution in [-0.4, -0.2) is 18.4 Å². The first-order chi connectivity index (χ1) is 9.56. The molecule has 3 nitrogen and oxygen atoms in total. The van der Waals surface area contributed by atoms with Crippen LogP contribution in [0.25, 0.3) is 0 Å². The third-order valence-electron chi connectivity index (χ3n) is 5.79. The molecule has 2 atom stereocenters. The highest BCUT2D eigenvalue weighted by atomic mass is 16.7. The van der Waals surface area contributed by atoms with Crippen molar-refractivity contribution in [3.05, 3.63) is 0 Å². The Kier molecular flexibility index (Phi) is 4.07. The largest absolute Gasteiger partial charge is 0.436 e. The van der Waals surface area contributed by atoms with Crippen LogP contribution < -0.4 is 0 Å². The predicted molar refractivity (Wildman–Crippen MR) is 76.9 cm³/mol. The molecule has 4 saturated carbocycles. The van der Waals surface area contributed by atoms with Gasteiger partial charge in [0.1, 0.15) is 0 Å². The van der Waals surface area contributed by atoms with Gasteiger partial charge in [0.15, 0.2) is 6.29 Å². The molecule has 0 spiro atoms. The first-order valence-corrected chi connectivity index (χ1v) is 8.42. The van der Waals surface area contributed by atoms with Crippen molar-refractivity contribution < 1.29 is 14.3 Å². The molecule has 4 aliphatic rings. The second-order valence-corrected chi connectivity index (χ2v) is 7.35. The molecule has 0 radical (unpaired) electrons. The van der Waals surface area contributed by atoms with Gasteiger partial charge in [-0.05, 0) is 69.1 Å². The van der Waals surface area contributed by atoms with Gasteiger partial charge < -0.3 is 9.47 Å². The molecule has 0 amide bonds. The first-order valence-electron chi connectivity index (χ1n) is 8.42. The molecule has 0 saturated heterocycles. The van der Waals surface area contributed by atoms with Gasteiger partial charge in [0.05, 0.1) is 12.0 Å².